The second-order valence-corrected chi connectivity index (χ2v) is 9.24. The highest BCUT2D eigenvalue weighted by atomic mass is 32.2. The van der Waals surface area contributed by atoms with Gasteiger partial charge in [0.05, 0.1) is 32.6 Å². The highest BCUT2D eigenvalue weighted by Gasteiger charge is 2.15. The van der Waals surface area contributed by atoms with E-state index < -0.39 is 0 Å². The Morgan fingerprint density at radius 3 is 2.47 bits per heavy atom. The number of thioether (sulfide) groups is 1. The van der Waals surface area contributed by atoms with Crippen molar-refractivity contribution in [1.82, 2.24) is 14.5 Å². The van der Waals surface area contributed by atoms with Crippen molar-refractivity contribution in [2.45, 2.75) is 24.8 Å². The molecule has 30 heavy (non-hydrogen) atoms. The molecule has 0 aliphatic heterocycles. The van der Waals surface area contributed by atoms with E-state index in [1.807, 2.05) is 54.6 Å². The van der Waals surface area contributed by atoms with Crippen molar-refractivity contribution in [2.24, 2.45) is 0 Å². The lowest BCUT2D eigenvalue weighted by atomic mass is 10.1. The molecule has 0 aliphatic carbocycles. The average molecular weight is 430 g/mol. The van der Waals surface area contributed by atoms with Crippen LogP contribution in [0.2, 0.25) is 0 Å². The fraction of sp³-hybridized carbons (Fsp3) is 0.125. The van der Waals surface area contributed by atoms with Crippen LogP contribution in [0.1, 0.15) is 16.1 Å². The SMILES string of the molecule is Cc1ccc(-n2c(SCc3nc4ccccc4s3)nc3ccccc3c2=O)cc1C. The average Bonchev–Trinajstić information content (AvgIpc) is 3.18. The van der Waals surface area contributed by atoms with Crippen LogP contribution in [0.4, 0.5) is 0 Å². The lowest BCUT2D eigenvalue weighted by molar-refractivity contribution is 0.818. The predicted molar refractivity (Wildman–Crippen MR) is 126 cm³/mol. The van der Waals surface area contributed by atoms with E-state index in [2.05, 4.69) is 26.0 Å². The van der Waals surface area contributed by atoms with Gasteiger partial charge in [0, 0.05) is 0 Å². The van der Waals surface area contributed by atoms with Gasteiger partial charge in [-0.15, -0.1) is 11.3 Å². The molecule has 0 saturated heterocycles. The second kappa shape index (κ2) is 7.70. The number of rotatable bonds is 4. The standard InChI is InChI=1S/C24H19N3OS2/c1-15-11-12-17(13-16(15)2)27-23(28)18-7-3-4-8-19(18)26-24(27)29-14-22-25-20-9-5-6-10-21(20)30-22/h3-13H,14H2,1-2H3. The maximum absolute atomic E-state index is 13.4. The van der Waals surface area contributed by atoms with Gasteiger partial charge in [-0.25, -0.2) is 9.97 Å². The summed E-state index contributed by atoms with van der Waals surface area (Å²) in [6, 6.07) is 21.8. The van der Waals surface area contributed by atoms with E-state index in [1.165, 1.54) is 10.3 Å². The van der Waals surface area contributed by atoms with Crippen LogP contribution in [0, 0.1) is 13.8 Å². The van der Waals surface area contributed by atoms with E-state index in [0.717, 1.165) is 27.3 Å². The number of aryl methyl sites for hydroxylation is 2. The Morgan fingerprint density at radius 1 is 0.900 bits per heavy atom. The van der Waals surface area contributed by atoms with Crippen molar-refractivity contribution < 1.29 is 0 Å². The van der Waals surface area contributed by atoms with Gasteiger partial charge >= 0.3 is 0 Å². The van der Waals surface area contributed by atoms with Crippen molar-refractivity contribution in [3.63, 3.8) is 0 Å². The summed E-state index contributed by atoms with van der Waals surface area (Å²) in [5.41, 5.74) is 4.87. The Kier molecular flexibility index (Phi) is 4.89. The molecular weight excluding hydrogens is 410 g/mol. The predicted octanol–water partition coefficient (Wildman–Crippen LogP) is 5.90. The van der Waals surface area contributed by atoms with Crippen LogP contribution < -0.4 is 5.56 Å². The summed E-state index contributed by atoms with van der Waals surface area (Å²) in [4.78, 5) is 23.0. The van der Waals surface area contributed by atoms with Crippen LogP contribution in [0.25, 0.3) is 26.8 Å². The molecule has 5 rings (SSSR count). The Morgan fingerprint density at radius 2 is 1.67 bits per heavy atom. The molecular formula is C24H19N3OS2. The van der Waals surface area contributed by atoms with Gasteiger partial charge in [0.15, 0.2) is 5.16 Å². The van der Waals surface area contributed by atoms with Gasteiger partial charge < -0.3 is 0 Å². The quantitative estimate of drug-likeness (QED) is 0.263. The summed E-state index contributed by atoms with van der Waals surface area (Å²) in [6.07, 6.45) is 0. The molecule has 0 unspecified atom stereocenters. The molecule has 0 bridgehead atoms. The summed E-state index contributed by atoms with van der Waals surface area (Å²) >= 11 is 3.23. The van der Waals surface area contributed by atoms with Crippen molar-refractivity contribution in [1.29, 1.82) is 0 Å². The van der Waals surface area contributed by atoms with Crippen LogP contribution in [0.5, 0.6) is 0 Å². The minimum Gasteiger partial charge on any atom is -0.268 e. The highest BCUT2D eigenvalue weighted by Crippen LogP contribution is 2.29. The molecule has 0 N–H and O–H groups in total. The van der Waals surface area contributed by atoms with E-state index in [0.29, 0.717) is 16.3 Å². The number of para-hydroxylation sites is 2. The lowest BCUT2D eigenvalue weighted by Gasteiger charge is -2.14. The Balaban J connectivity index is 1.62. The first-order valence-corrected chi connectivity index (χ1v) is 11.5. The zero-order valence-electron chi connectivity index (χ0n) is 16.6. The number of fused-ring (bicyclic) bond motifs is 2. The molecule has 0 fully saturated rings. The lowest BCUT2D eigenvalue weighted by Crippen LogP contribution is -2.22. The normalized spacial score (nSPS) is 11.4. The third-order valence-corrected chi connectivity index (χ3v) is 7.33. The molecule has 0 amide bonds. The number of nitrogens with zero attached hydrogens (tertiary/aromatic N) is 3. The third kappa shape index (κ3) is 3.42. The van der Waals surface area contributed by atoms with Gasteiger partial charge in [-0.3, -0.25) is 9.36 Å². The molecule has 0 radical (unpaired) electrons. The van der Waals surface area contributed by atoms with Gasteiger partial charge in [0.25, 0.3) is 5.56 Å². The molecule has 148 valence electrons. The Labute approximate surface area is 182 Å². The van der Waals surface area contributed by atoms with Crippen molar-refractivity contribution in [2.75, 3.05) is 0 Å². The summed E-state index contributed by atoms with van der Waals surface area (Å²) in [5, 5.41) is 2.33. The van der Waals surface area contributed by atoms with Crippen LogP contribution in [0.3, 0.4) is 0 Å². The van der Waals surface area contributed by atoms with E-state index in [9.17, 15) is 4.79 Å². The summed E-state index contributed by atoms with van der Waals surface area (Å²) in [6.45, 7) is 4.13. The maximum atomic E-state index is 13.4. The van der Waals surface area contributed by atoms with E-state index >= 15 is 0 Å². The van der Waals surface area contributed by atoms with Gasteiger partial charge in [0.1, 0.15) is 5.01 Å². The molecule has 5 aromatic rings. The number of aromatic nitrogens is 3. The summed E-state index contributed by atoms with van der Waals surface area (Å²) < 4.78 is 2.90. The smallest absolute Gasteiger partial charge is 0.266 e. The topological polar surface area (TPSA) is 47.8 Å². The van der Waals surface area contributed by atoms with Gasteiger partial charge in [-0.2, -0.15) is 0 Å². The van der Waals surface area contributed by atoms with Crippen LogP contribution in [-0.2, 0) is 5.75 Å². The van der Waals surface area contributed by atoms with Crippen molar-refractivity contribution in [3.05, 3.63) is 93.2 Å². The Bertz CT molecular complexity index is 1420. The molecule has 2 heterocycles. The molecule has 6 heteroatoms. The van der Waals surface area contributed by atoms with Crippen LogP contribution >= 0.6 is 23.1 Å². The summed E-state index contributed by atoms with van der Waals surface area (Å²) in [5.74, 6) is 0.662. The largest absolute Gasteiger partial charge is 0.268 e. The first-order valence-electron chi connectivity index (χ1n) is 9.67. The number of hydrogen-bond acceptors (Lipinski definition) is 5. The molecule has 0 saturated carbocycles. The van der Waals surface area contributed by atoms with Crippen molar-refractivity contribution in [3.8, 4) is 5.69 Å². The maximum Gasteiger partial charge on any atom is 0.266 e. The Hall–Kier alpha value is -2.96. The first-order chi connectivity index (χ1) is 14.6. The minimum atomic E-state index is -0.0457. The molecule has 4 nitrogen and oxygen atoms in total. The number of benzene rings is 3. The monoisotopic (exact) mass is 429 g/mol. The molecule has 0 atom stereocenters. The van der Waals surface area contributed by atoms with Crippen LogP contribution in [-0.4, -0.2) is 14.5 Å². The minimum absolute atomic E-state index is 0.0457. The molecule has 0 spiro atoms. The number of hydrogen-bond donors (Lipinski definition) is 0. The fourth-order valence-electron chi connectivity index (χ4n) is 3.41. The van der Waals surface area contributed by atoms with Gasteiger partial charge in [0.2, 0.25) is 0 Å². The molecule has 0 aliphatic rings. The molecule has 3 aromatic carbocycles. The van der Waals surface area contributed by atoms with E-state index in [4.69, 9.17) is 9.97 Å². The zero-order chi connectivity index (χ0) is 20.7. The third-order valence-electron chi connectivity index (χ3n) is 5.16. The molecule has 2 aromatic heterocycles. The van der Waals surface area contributed by atoms with E-state index in [1.54, 1.807) is 27.7 Å². The first kappa shape index (κ1) is 19.0. The summed E-state index contributed by atoms with van der Waals surface area (Å²) in [7, 11) is 0. The van der Waals surface area contributed by atoms with Gasteiger partial charge in [-0.05, 0) is 61.4 Å². The van der Waals surface area contributed by atoms with Crippen LogP contribution in [0.15, 0.2) is 76.7 Å². The van der Waals surface area contributed by atoms with Crippen molar-refractivity contribution >= 4 is 44.2 Å². The zero-order valence-corrected chi connectivity index (χ0v) is 18.3. The van der Waals surface area contributed by atoms with E-state index in [-0.39, 0.29) is 5.56 Å². The highest BCUT2D eigenvalue weighted by molar-refractivity contribution is 7.98. The fourth-order valence-corrected chi connectivity index (χ4v) is 5.38. The second-order valence-electron chi connectivity index (χ2n) is 7.18. The number of thiazole rings is 1. The van der Waals surface area contributed by atoms with Gasteiger partial charge in [-0.1, -0.05) is 42.1 Å².